The van der Waals surface area contributed by atoms with Gasteiger partial charge in [-0.1, -0.05) is 11.6 Å². The van der Waals surface area contributed by atoms with Crippen molar-refractivity contribution in [3.8, 4) is 0 Å². The van der Waals surface area contributed by atoms with Crippen molar-refractivity contribution in [2.45, 2.75) is 25.4 Å². The van der Waals surface area contributed by atoms with Crippen LogP contribution in [0.3, 0.4) is 0 Å². The number of hydrogen-bond acceptors (Lipinski definition) is 4. The predicted molar refractivity (Wildman–Crippen MR) is 69.4 cm³/mol. The molecule has 1 atom stereocenters. The van der Waals surface area contributed by atoms with Crippen LogP contribution in [-0.2, 0) is 6.54 Å². The van der Waals surface area contributed by atoms with Gasteiger partial charge in [-0.15, -0.1) is 0 Å². The normalized spacial score (nSPS) is 20.1. The van der Waals surface area contributed by atoms with Crippen LogP contribution in [0.4, 0.5) is 0 Å². The first-order chi connectivity index (χ1) is 8.15. The van der Waals surface area contributed by atoms with Crippen molar-refractivity contribution in [2.24, 2.45) is 0 Å². The third-order valence-corrected chi connectivity index (χ3v) is 3.43. The summed E-state index contributed by atoms with van der Waals surface area (Å²) in [6, 6.07) is 0.590. The molecular weight excluding hydrogens is 259 g/mol. The monoisotopic (exact) mass is 274 g/mol. The second-order valence-corrected chi connectivity index (χ2v) is 5.14. The molecule has 0 bridgehead atoms. The fraction of sp³-hybridized carbons (Fsp3) is 0.636. The van der Waals surface area contributed by atoms with Crippen LogP contribution in [0.15, 0.2) is 6.20 Å². The molecule has 4 nitrogen and oxygen atoms in total. The van der Waals surface area contributed by atoms with Gasteiger partial charge in [0.25, 0.3) is 0 Å². The molecule has 0 spiro atoms. The fourth-order valence-electron chi connectivity index (χ4n) is 2.12. The minimum absolute atomic E-state index is 0.193. The van der Waals surface area contributed by atoms with Gasteiger partial charge in [-0.3, -0.25) is 0 Å². The number of nitrogens with zero attached hydrogens (tertiary/aromatic N) is 3. The summed E-state index contributed by atoms with van der Waals surface area (Å²) >= 11 is 11.7. The van der Waals surface area contributed by atoms with Crippen LogP contribution in [-0.4, -0.2) is 41.0 Å². The second-order valence-electron chi connectivity index (χ2n) is 4.45. The highest BCUT2D eigenvalue weighted by Gasteiger charge is 2.16. The molecule has 1 aliphatic heterocycles. The molecule has 1 fully saturated rings. The first-order valence-corrected chi connectivity index (χ1v) is 6.49. The fourth-order valence-corrected chi connectivity index (χ4v) is 2.48. The van der Waals surface area contributed by atoms with E-state index >= 15 is 0 Å². The van der Waals surface area contributed by atoms with Gasteiger partial charge in [0.05, 0.1) is 0 Å². The van der Waals surface area contributed by atoms with Crippen LogP contribution in [0.2, 0.25) is 10.4 Å². The quantitative estimate of drug-likeness (QED) is 0.673. The molecular formula is C11H16Cl2N4. The number of rotatable bonds is 4. The molecule has 1 aromatic rings. The van der Waals surface area contributed by atoms with E-state index in [0.29, 0.717) is 11.2 Å². The Bertz CT molecular complexity index is 380. The summed E-state index contributed by atoms with van der Waals surface area (Å²) in [6.07, 6.45) is 4.20. The summed E-state index contributed by atoms with van der Waals surface area (Å²) in [7, 11) is 2.07. The summed E-state index contributed by atoms with van der Waals surface area (Å²) in [6.45, 7) is 2.89. The Balaban J connectivity index is 1.90. The van der Waals surface area contributed by atoms with Gasteiger partial charge in [0.1, 0.15) is 5.15 Å². The van der Waals surface area contributed by atoms with Crippen molar-refractivity contribution in [2.75, 3.05) is 20.1 Å². The number of halogens is 2. The van der Waals surface area contributed by atoms with Crippen LogP contribution < -0.4 is 5.32 Å². The predicted octanol–water partition coefficient (Wildman–Crippen LogP) is 1.97. The summed E-state index contributed by atoms with van der Waals surface area (Å²) in [5, 5.41) is 4.10. The van der Waals surface area contributed by atoms with E-state index in [-0.39, 0.29) is 5.28 Å². The van der Waals surface area contributed by atoms with Crippen molar-refractivity contribution in [3.05, 3.63) is 22.2 Å². The average Bonchev–Trinajstić information content (AvgIpc) is 2.75. The molecule has 1 aromatic heterocycles. The first-order valence-electron chi connectivity index (χ1n) is 5.74. The molecule has 0 aromatic carbocycles. The van der Waals surface area contributed by atoms with Crippen molar-refractivity contribution >= 4 is 23.2 Å². The van der Waals surface area contributed by atoms with Gasteiger partial charge in [0.15, 0.2) is 0 Å². The van der Waals surface area contributed by atoms with Crippen LogP contribution in [0, 0.1) is 0 Å². The average molecular weight is 275 g/mol. The van der Waals surface area contributed by atoms with Crippen LogP contribution in [0.1, 0.15) is 18.4 Å². The van der Waals surface area contributed by atoms with E-state index in [2.05, 4.69) is 27.2 Å². The zero-order chi connectivity index (χ0) is 12.3. The van der Waals surface area contributed by atoms with Gasteiger partial charge in [-0.05, 0) is 38.0 Å². The lowest BCUT2D eigenvalue weighted by atomic mass is 10.2. The molecule has 1 N–H and O–H groups in total. The Morgan fingerprint density at radius 2 is 2.35 bits per heavy atom. The van der Waals surface area contributed by atoms with Gasteiger partial charge in [-0.2, -0.15) is 0 Å². The van der Waals surface area contributed by atoms with Gasteiger partial charge in [0.2, 0.25) is 5.28 Å². The topological polar surface area (TPSA) is 41.1 Å². The maximum atomic E-state index is 6.01. The lowest BCUT2D eigenvalue weighted by Gasteiger charge is -2.21. The number of hydrogen-bond donors (Lipinski definition) is 1. The van der Waals surface area contributed by atoms with E-state index < -0.39 is 0 Å². The third-order valence-electron chi connectivity index (χ3n) is 2.92. The molecule has 0 saturated carbocycles. The molecule has 0 radical (unpaired) electrons. The Morgan fingerprint density at radius 1 is 1.53 bits per heavy atom. The maximum absolute atomic E-state index is 6.01. The lowest BCUT2D eigenvalue weighted by molar-refractivity contribution is 0.292. The van der Waals surface area contributed by atoms with Crippen molar-refractivity contribution in [1.82, 2.24) is 20.2 Å². The van der Waals surface area contributed by atoms with E-state index in [0.717, 1.165) is 25.2 Å². The summed E-state index contributed by atoms with van der Waals surface area (Å²) in [5.74, 6) is 0. The van der Waals surface area contributed by atoms with Crippen molar-refractivity contribution in [3.63, 3.8) is 0 Å². The Morgan fingerprint density at radius 3 is 3.00 bits per heavy atom. The summed E-state index contributed by atoms with van der Waals surface area (Å²) in [4.78, 5) is 10.1. The highest BCUT2D eigenvalue weighted by atomic mass is 35.5. The van der Waals surface area contributed by atoms with E-state index in [9.17, 15) is 0 Å². The van der Waals surface area contributed by atoms with Crippen molar-refractivity contribution in [1.29, 1.82) is 0 Å². The Labute approximate surface area is 111 Å². The molecule has 0 aliphatic carbocycles. The highest BCUT2D eigenvalue weighted by molar-refractivity contribution is 6.32. The zero-order valence-electron chi connectivity index (χ0n) is 9.79. The molecule has 0 unspecified atom stereocenters. The minimum Gasteiger partial charge on any atom is -0.313 e. The van der Waals surface area contributed by atoms with E-state index in [1.165, 1.54) is 12.8 Å². The minimum atomic E-state index is 0.193. The van der Waals surface area contributed by atoms with Gasteiger partial charge in [-0.25, -0.2) is 9.97 Å². The third kappa shape index (κ3) is 3.78. The second kappa shape index (κ2) is 5.96. The van der Waals surface area contributed by atoms with Crippen LogP contribution in [0.5, 0.6) is 0 Å². The smallest absolute Gasteiger partial charge is 0.223 e. The molecule has 6 heteroatoms. The zero-order valence-corrected chi connectivity index (χ0v) is 11.3. The SMILES string of the molecule is CN(Cc1cnc(Cl)nc1Cl)C[C@@H]1CCCN1. The van der Waals surface area contributed by atoms with Gasteiger partial charge >= 0.3 is 0 Å². The Kier molecular flexibility index (Phi) is 4.56. The maximum Gasteiger partial charge on any atom is 0.223 e. The van der Waals surface area contributed by atoms with Crippen LogP contribution >= 0.6 is 23.2 Å². The number of nitrogens with one attached hydrogen (secondary N) is 1. The molecule has 17 heavy (non-hydrogen) atoms. The molecule has 1 saturated heterocycles. The molecule has 2 heterocycles. The number of likely N-dealkylation sites (N-methyl/N-ethyl adjacent to an activating group) is 1. The largest absolute Gasteiger partial charge is 0.313 e. The summed E-state index contributed by atoms with van der Waals surface area (Å²) in [5.41, 5.74) is 0.913. The van der Waals surface area contributed by atoms with Crippen LogP contribution in [0.25, 0.3) is 0 Å². The van der Waals surface area contributed by atoms with Crippen molar-refractivity contribution < 1.29 is 0 Å². The van der Waals surface area contributed by atoms with Gasteiger partial charge < -0.3 is 10.2 Å². The van der Waals surface area contributed by atoms with E-state index in [1.807, 2.05) is 0 Å². The molecule has 94 valence electrons. The summed E-state index contributed by atoms with van der Waals surface area (Å²) < 4.78 is 0. The van der Waals surface area contributed by atoms with Gasteiger partial charge in [0, 0.05) is 30.9 Å². The lowest BCUT2D eigenvalue weighted by Crippen LogP contribution is -2.35. The molecule has 1 aliphatic rings. The standard InChI is InChI=1S/C11H16Cl2N4/c1-17(7-9-3-2-4-14-9)6-8-5-15-11(13)16-10(8)12/h5,9,14H,2-4,6-7H2,1H3/t9-/m0/s1. The molecule has 0 amide bonds. The molecule has 2 rings (SSSR count). The van der Waals surface area contributed by atoms with E-state index in [1.54, 1.807) is 6.20 Å². The first kappa shape index (κ1) is 13.0. The highest BCUT2D eigenvalue weighted by Crippen LogP contribution is 2.16. The Hall–Kier alpha value is -0.420. The number of aromatic nitrogens is 2. The van der Waals surface area contributed by atoms with E-state index in [4.69, 9.17) is 23.2 Å².